The van der Waals surface area contributed by atoms with Gasteiger partial charge in [0.05, 0.1) is 18.7 Å². The topological polar surface area (TPSA) is 79.3 Å². The van der Waals surface area contributed by atoms with Crippen LogP contribution in [-0.4, -0.2) is 53.2 Å². The summed E-state index contributed by atoms with van der Waals surface area (Å²) in [6, 6.07) is 5.79. The van der Waals surface area contributed by atoms with Crippen molar-refractivity contribution >= 4 is 17.5 Å². The molecular weight excluding hydrogens is 342 g/mol. The normalized spacial score (nSPS) is 19.1. The highest BCUT2D eigenvalue weighted by molar-refractivity contribution is 5.95. The molecule has 2 heterocycles. The second-order valence-electron chi connectivity index (χ2n) is 7.31. The van der Waals surface area contributed by atoms with Crippen molar-refractivity contribution in [2.45, 2.75) is 19.8 Å². The van der Waals surface area contributed by atoms with Crippen molar-refractivity contribution in [2.24, 2.45) is 13.0 Å². The Labute approximate surface area is 159 Å². The van der Waals surface area contributed by atoms with Gasteiger partial charge in [-0.3, -0.25) is 14.3 Å². The number of hydrogen-bond donors (Lipinski definition) is 2. The van der Waals surface area contributed by atoms with Gasteiger partial charge in [-0.1, -0.05) is 12.1 Å². The van der Waals surface area contributed by atoms with Crippen LogP contribution in [0.4, 0.5) is 5.69 Å². The number of hydrogen-bond acceptors (Lipinski definition) is 4. The highest BCUT2D eigenvalue weighted by Crippen LogP contribution is 2.29. The molecule has 0 radical (unpaired) electrons. The average Bonchev–Trinajstić information content (AvgIpc) is 3.26. The van der Waals surface area contributed by atoms with E-state index in [2.05, 4.69) is 15.7 Å². The molecule has 2 aromatic rings. The summed E-state index contributed by atoms with van der Waals surface area (Å²) >= 11 is 0. The fraction of sp³-hybridized carbons (Fsp3) is 0.450. The van der Waals surface area contributed by atoms with E-state index in [0.29, 0.717) is 6.54 Å². The van der Waals surface area contributed by atoms with Gasteiger partial charge in [0, 0.05) is 45.0 Å². The second-order valence-corrected chi connectivity index (χ2v) is 7.31. The molecule has 1 aliphatic heterocycles. The SMILES string of the molecule is Cc1cccc(NC(=O)CN(C)C(=O)[C@H]2CNC[C@@H]2c2cnn(C)c2)c1C. The van der Waals surface area contributed by atoms with Gasteiger partial charge < -0.3 is 15.5 Å². The van der Waals surface area contributed by atoms with Crippen molar-refractivity contribution in [1.29, 1.82) is 0 Å². The lowest BCUT2D eigenvalue weighted by Crippen LogP contribution is -2.40. The minimum atomic E-state index is -0.191. The molecule has 3 rings (SSSR count). The highest BCUT2D eigenvalue weighted by Gasteiger charge is 2.36. The molecule has 7 heteroatoms. The molecule has 1 aromatic carbocycles. The third-order valence-corrected chi connectivity index (χ3v) is 5.32. The van der Waals surface area contributed by atoms with E-state index < -0.39 is 0 Å². The summed E-state index contributed by atoms with van der Waals surface area (Å²) in [4.78, 5) is 26.9. The Bertz CT molecular complexity index is 845. The predicted molar refractivity (Wildman–Crippen MR) is 104 cm³/mol. The van der Waals surface area contributed by atoms with Gasteiger partial charge in [0.1, 0.15) is 0 Å². The number of rotatable bonds is 5. The fourth-order valence-electron chi connectivity index (χ4n) is 3.57. The van der Waals surface area contributed by atoms with Gasteiger partial charge >= 0.3 is 0 Å². The predicted octanol–water partition coefficient (Wildman–Crippen LogP) is 1.44. The zero-order chi connectivity index (χ0) is 19.6. The number of nitrogens with zero attached hydrogens (tertiary/aromatic N) is 3. The van der Waals surface area contributed by atoms with Crippen molar-refractivity contribution in [1.82, 2.24) is 20.0 Å². The van der Waals surface area contributed by atoms with E-state index in [1.54, 1.807) is 11.7 Å². The third kappa shape index (κ3) is 4.19. The van der Waals surface area contributed by atoms with Gasteiger partial charge in [-0.15, -0.1) is 0 Å². The lowest BCUT2D eigenvalue weighted by molar-refractivity contribution is -0.136. The summed E-state index contributed by atoms with van der Waals surface area (Å²) < 4.78 is 1.75. The van der Waals surface area contributed by atoms with Gasteiger partial charge in [0.25, 0.3) is 0 Å². The van der Waals surface area contributed by atoms with Crippen molar-refractivity contribution < 1.29 is 9.59 Å². The van der Waals surface area contributed by atoms with Crippen LogP contribution >= 0.6 is 0 Å². The molecule has 144 valence electrons. The van der Waals surface area contributed by atoms with Crippen LogP contribution in [0.1, 0.15) is 22.6 Å². The molecule has 7 nitrogen and oxygen atoms in total. The first-order chi connectivity index (χ1) is 12.9. The molecular formula is C20H27N5O2. The molecule has 2 N–H and O–H groups in total. The molecule has 2 atom stereocenters. The molecule has 0 bridgehead atoms. The number of benzene rings is 1. The summed E-state index contributed by atoms with van der Waals surface area (Å²) in [5.41, 5.74) is 4.00. The summed E-state index contributed by atoms with van der Waals surface area (Å²) in [5, 5.41) is 10.4. The molecule has 0 unspecified atom stereocenters. The maximum absolute atomic E-state index is 12.9. The van der Waals surface area contributed by atoms with Crippen LogP contribution in [0.5, 0.6) is 0 Å². The molecule has 1 saturated heterocycles. The zero-order valence-electron chi connectivity index (χ0n) is 16.3. The number of amides is 2. The summed E-state index contributed by atoms with van der Waals surface area (Å²) in [6.07, 6.45) is 3.76. The van der Waals surface area contributed by atoms with Crippen LogP contribution in [0, 0.1) is 19.8 Å². The van der Waals surface area contributed by atoms with Gasteiger partial charge in [-0.25, -0.2) is 0 Å². The number of aryl methyl sites for hydroxylation is 2. The van der Waals surface area contributed by atoms with E-state index in [-0.39, 0.29) is 30.2 Å². The van der Waals surface area contributed by atoms with Crippen molar-refractivity contribution in [3.63, 3.8) is 0 Å². The molecule has 27 heavy (non-hydrogen) atoms. The Morgan fingerprint density at radius 2 is 2.11 bits per heavy atom. The summed E-state index contributed by atoms with van der Waals surface area (Å²) in [6.45, 7) is 5.36. The van der Waals surface area contributed by atoms with Gasteiger partial charge in [-0.2, -0.15) is 5.10 Å². The van der Waals surface area contributed by atoms with Crippen molar-refractivity contribution in [2.75, 3.05) is 32.0 Å². The molecule has 0 spiro atoms. The monoisotopic (exact) mass is 369 g/mol. The minimum absolute atomic E-state index is 0.0232. The van der Waals surface area contributed by atoms with Gasteiger partial charge in [0.15, 0.2) is 0 Å². The van der Waals surface area contributed by atoms with Crippen LogP contribution in [0.15, 0.2) is 30.6 Å². The maximum atomic E-state index is 12.9. The Balaban J connectivity index is 1.63. The van der Waals surface area contributed by atoms with Crippen molar-refractivity contribution in [3.8, 4) is 0 Å². The first-order valence-electron chi connectivity index (χ1n) is 9.17. The molecule has 2 amide bonds. The fourth-order valence-corrected chi connectivity index (χ4v) is 3.57. The smallest absolute Gasteiger partial charge is 0.243 e. The Morgan fingerprint density at radius 1 is 1.33 bits per heavy atom. The molecule has 1 aliphatic rings. The molecule has 1 aromatic heterocycles. The second kappa shape index (κ2) is 7.92. The number of likely N-dealkylation sites (N-methyl/N-ethyl adjacent to an activating group) is 1. The van der Waals surface area contributed by atoms with E-state index in [4.69, 9.17) is 0 Å². The number of anilines is 1. The largest absolute Gasteiger partial charge is 0.336 e. The number of carbonyl (C=O) groups excluding carboxylic acids is 2. The Morgan fingerprint density at radius 3 is 2.81 bits per heavy atom. The van der Waals surface area contributed by atoms with E-state index in [0.717, 1.165) is 28.9 Å². The van der Waals surface area contributed by atoms with Crippen LogP contribution in [0.25, 0.3) is 0 Å². The maximum Gasteiger partial charge on any atom is 0.243 e. The third-order valence-electron chi connectivity index (χ3n) is 5.32. The molecule has 1 fully saturated rings. The summed E-state index contributed by atoms with van der Waals surface area (Å²) in [5.74, 6) is -0.322. The van der Waals surface area contributed by atoms with E-state index in [9.17, 15) is 9.59 Å². The van der Waals surface area contributed by atoms with Crippen molar-refractivity contribution in [3.05, 3.63) is 47.3 Å². The first-order valence-corrected chi connectivity index (χ1v) is 9.17. The number of nitrogens with one attached hydrogen (secondary N) is 2. The number of carbonyl (C=O) groups is 2. The highest BCUT2D eigenvalue weighted by atomic mass is 16.2. The Kier molecular flexibility index (Phi) is 5.60. The average molecular weight is 369 g/mol. The quantitative estimate of drug-likeness (QED) is 0.836. The standard InChI is InChI=1S/C20H27N5O2/c1-13-6-5-7-18(14(13)2)23-19(26)12-24(3)20(27)17-10-21-9-16(17)15-8-22-25(4)11-15/h5-8,11,16-17,21H,9-10,12H2,1-4H3,(H,23,26)/t16-,17+/m1/s1. The summed E-state index contributed by atoms with van der Waals surface area (Å²) in [7, 11) is 3.55. The van der Waals surface area contributed by atoms with Crippen LogP contribution in [0.2, 0.25) is 0 Å². The Hall–Kier alpha value is -2.67. The zero-order valence-corrected chi connectivity index (χ0v) is 16.3. The van der Waals surface area contributed by atoms with E-state index in [1.165, 1.54) is 4.90 Å². The van der Waals surface area contributed by atoms with Gasteiger partial charge in [-0.05, 0) is 36.6 Å². The van der Waals surface area contributed by atoms with Crippen LogP contribution in [0.3, 0.4) is 0 Å². The molecule has 0 aliphatic carbocycles. The minimum Gasteiger partial charge on any atom is -0.336 e. The first kappa shape index (κ1) is 19.1. The van der Waals surface area contributed by atoms with Gasteiger partial charge in [0.2, 0.25) is 11.8 Å². The van der Waals surface area contributed by atoms with E-state index in [1.807, 2.05) is 51.5 Å². The molecule has 0 saturated carbocycles. The van der Waals surface area contributed by atoms with E-state index >= 15 is 0 Å². The number of aromatic nitrogens is 2. The van der Waals surface area contributed by atoms with Crippen LogP contribution < -0.4 is 10.6 Å². The van der Waals surface area contributed by atoms with Crippen LogP contribution in [-0.2, 0) is 16.6 Å². The lowest BCUT2D eigenvalue weighted by atomic mass is 9.90. The lowest BCUT2D eigenvalue weighted by Gasteiger charge is -2.24.